The molecule has 0 radical (unpaired) electrons. The summed E-state index contributed by atoms with van der Waals surface area (Å²) in [5, 5.41) is 13.9. The van der Waals surface area contributed by atoms with Crippen molar-refractivity contribution < 1.29 is 9.84 Å². The lowest BCUT2D eigenvalue weighted by Crippen LogP contribution is -2.35. The highest BCUT2D eigenvalue weighted by Crippen LogP contribution is 2.19. The summed E-state index contributed by atoms with van der Waals surface area (Å²) < 4.78 is 6.06. The van der Waals surface area contributed by atoms with Gasteiger partial charge >= 0.3 is 5.69 Å². The van der Waals surface area contributed by atoms with E-state index < -0.39 is 17.1 Å². The second kappa shape index (κ2) is 9.03. The van der Waals surface area contributed by atoms with Gasteiger partial charge in [-0.3, -0.25) is 14.8 Å². The molecule has 0 aliphatic carbocycles. The van der Waals surface area contributed by atoms with Gasteiger partial charge in [0.25, 0.3) is 5.56 Å². The average Bonchev–Trinajstić information content (AvgIpc) is 2.70. The number of amidine groups is 1. The Kier molecular flexibility index (Phi) is 6.25. The lowest BCUT2D eigenvalue weighted by molar-refractivity contribution is 0.208. The minimum atomic E-state index is -0.740. The van der Waals surface area contributed by atoms with Crippen molar-refractivity contribution in [3.05, 3.63) is 86.6 Å². The Morgan fingerprint density at radius 2 is 1.83 bits per heavy atom. The quantitative estimate of drug-likeness (QED) is 0.337. The molecular formula is C21H22N4O4. The molecule has 150 valence electrons. The van der Waals surface area contributed by atoms with E-state index in [0.29, 0.717) is 18.0 Å². The van der Waals surface area contributed by atoms with Crippen molar-refractivity contribution in [3.8, 4) is 11.6 Å². The van der Waals surface area contributed by atoms with Gasteiger partial charge in [0.05, 0.1) is 18.8 Å². The number of aromatic hydroxyl groups is 1. The number of ether oxygens (including phenoxy) is 1. The molecule has 2 aromatic carbocycles. The number of aromatic amines is 1. The molecule has 0 amide bonds. The van der Waals surface area contributed by atoms with Crippen molar-refractivity contribution in [2.45, 2.75) is 6.92 Å². The van der Waals surface area contributed by atoms with Crippen molar-refractivity contribution in [1.29, 1.82) is 0 Å². The zero-order chi connectivity index (χ0) is 20.8. The third kappa shape index (κ3) is 4.61. The van der Waals surface area contributed by atoms with Crippen molar-refractivity contribution in [3.63, 3.8) is 0 Å². The fourth-order valence-electron chi connectivity index (χ4n) is 2.76. The van der Waals surface area contributed by atoms with Crippen molar-refractivity contribution in [2.24, 2.45) is 4.99 Å². The van der Waals surface area contributed by atoms with Gasteiger partial charge in [-0.25, -0.2) is 9.36 Å². The van der Waals surface area contributed by atoms with Gasteiger partial charge in [0, 0.05) is 12.8 Å². The summed E-state index contributed by atoms with van der Waals surface area (Å²) in [6.45, 7) is 2.50. The molecule has 29 heavy (non-hydrogen) atoms. The van der Waals surface area contributed by atoms with E-state index in [1.54, 1.807) is 31.4 Å². The summed E-state index contributed by atoms with van der Waals surface area (Å²) in [6.07, 6.45) is 0. The molecule has 3 N–H and O–H groups in total. The highest BCUT2D eigenvalue weighted by molar-refractivity contribution is 6.09. The second-order valence-corrected chi connectivity index (χ2v) is 6.34. The van der Waals surface area contributed by atoms with E-state index in [1.165, 1.54) is 0 Å². The van der Waals surface area contributed by atoms with E-state index in [9.17, 15) is 14.7 Å². The third-order valence-corrected chi connectivity index (χ3v) is 4.22. The predicted octanol–water partition coefficient (Wildman–Crippen LogP) is 2.04. The molecule has 1 aromatic heterocycles. The Bertz CT molecular complexity index is 1120. The van der Waals surface area contributed by atoms with Crippen LogP contribution in [0.4, 0.5) is 5.69 Å². The van der Waals surface area contributed by atoms with Crippen LogP contribution < -0.4 is 16.6 Å². The van der Waals surface area contributed by atoms with E-state index >= 15 is 0 Å². The molecule has 8 heteroatoms. The zero-order valence-corrected chi connectivity index (χ0v) is 16.2. The first-order chi connectivity index (χ1) is 14.0. The molecule has 1 heterocycles. The molecule has 0 saturated carbocycles. The number of anilines is 1. The summed E-state index contributed by atoms with van der Waals surface area (Å²) >= 11 is 0. The number of rotatable bonds is 6. The SMILES string of the molecule is COCCN=C(Nc1ccccc1)c1c(O)n(-c2ccc(C)cc2)c(=O)[nH]c1=O. The molecule has 0 atom stereocenters. The van der Waals surface area contributed by atoms with Gasteiger partial charge in [0.15, 0.2) is 0 Å². The largest absolute Gasteiger partial charge is 0.493 e. The molecule has 0 aliphatic rings. The number of aliphatic imine (C=N–C) groups is 1. The molecule has 0 aliphatic heterocycles. The number of nitrogens with zero attached hydrogens (tertiary/aromatic N) is 2. The normalized spacial score (nSPS) is 11.4. The van der Waals surface area contributed by atoms with Crippen LogP contribution >= 0.6 is 0 Å². The minimum Gasteiger partial charge on any atom is -0.493 e. The number of nitrogens with one attached hydrogen (secondary N) is 2. The van der Waals surface area contributed by atoms with Gasteiger partial charge in [-0.1, -0.05) is 35.9 Å². The Morgan fingerprint density at radius 1 is 1.14 bits per heavy atom. The molecule has 0 bridgehead atoms. The van der Waals surface area contributed by atoms with E-state index in [2.05, 4.69) is 15.3 Å². The maximum Gasteiger partial charge on any atom is 0.335 e. The highest BCUT2D eigenvalue weighted by atomic mass is 16.5. The number of aryl methyl sites for hydroxylation is 1. The smallest absolute Gasteiger partial charge is 0.335 e. The fraction of sp³-hybridized carbons (Fsp3) is 0.190. The molecule has 3 aromatic rings. The average molecular weight is 394 g/mol. The molecule has 0 spiro atoms. The van der Waals surface area contributed by atoms with Crippen LogP contribution in [0.2, 0.25) is 0 Å². The van der Waals surface area contributed by atoms with Crippen LogP contribution in [0.5, 0.6) is 5.88 Å². The number of hydrogen-bond acceptors (Lipinski definition) is 5. The van der Waals surface area contributed by atoms with Crippen molar-refractivity contribution in [2.75, 3.05) is 25.6 Å². The van der Waals surface area contributed by atoms with Crippen LogP contribution in [-0.2, 0) is 4.74 Å². The Balaban J connectivity index is 2.15. The number of methoxy groups -OCH3 is 1. The summed E-state index contributed by atoms with van der Waals surface area (Å²) in [5.41, 5.74) is 0.484. The first kappa shape index (κ1) is 20.1. The Labute approximate surface area is 167 Å². The molecule has 0 fully saturated rings. The number of H-pyrrole nitrogens is 1. The van der Waals surface area contributed by atoms with Crippen molar-refractivity contribution >= 4 is 11.5 Å². The van der Waals surface area contributed by atoms with Gasteiger partial charge in [-0.2, -0.15) is 0 Å². The van der Waals surface area contributed by atoms with Crippen LogP contribution in [-0.4, -0.2) is 40.8 Å². The summed E-state index contributed by atoms with van der Waals surface area (Å²) in [5.74, 6) is -0.366. The van der Waals surface area contributed by atoms with Crippen LogP contribution in [0.25, 0.3) is 5.69 Å². The van der Waals surface area contributed by atoms with Gasteiger partial charge in [-0.15, -0.1) is 0 Å². The maximum atomic E-state index is 12.6. The highest BCUT2D eigenvalue weighted by Gasteiger charge is 2.20. The van der Waals surface area contributed by atoms with E-state index in [4.69, 9.17) is 4.74 Å². The molecular weight excluding hydrogens is 372 g/mol. The molecule has 8 nitrogen and oxygen atoms in total. The van der Waals surface area contributed by atoms with Crippen LogP contribution in [0.1, 0.15) is 11.1 Å². The number of hydrogen-bond donors (Lipinski definition) is 3. The van der Waals surface area contributed by atoms with Crippen LogP contribution in [0.15, 0.2) is 69.2 Å². The van der Waals surface area contributed by atoms with E-state index in [1.807, 2.05) is 37.3 Å². The lowest BCUT2D eigenvalue weighted by Gasteiger charge is -2.15. The number of para-hydroxylation sites is 1. The number of aromatic nitrogens is 2. The monoisotopic (exact) mass is 394 g/mol. The van der Waals surface area contributed by atoms with Gasteiger partial charge in [0.2, 0.25) is 5.88 Å². The third-order valence-electron chi connectivity index (χ3n) is 4.22. The lowest BCUT2D eigenvalue weighted by atomic mass is 10.2. The first-order valence-corrected chi connectivity index (χ1v) is 9.02. The van der Waals surface area contributed by atoms with E-state index in [0.717, 1.165) is 10.1 Å². The van der Waals surface area contributed by atoms with Gasteiger partial charge in [0.1, 0.15) is 11.4 Å². The topological polar surface area (TPSA) is 109 Å². The molecule has 0 saturated heterocycles. The summed E-state index contributed by atoms with van der Waals surface area (Å²) in [6, 6.07) is 16.1. The van der Waals surface area contributed by atoms with Crippen LogP contribution in [0.3, 0.4) is 0 Å². The maximum absolute atomic E-state index is 12.6. The number of benzene rings is 2. The molecule has 0 unspecified atom stereocenters. The molecule has 3 rings (SSSR count). The van der Waals surface area contributed by atoms with Crippen molar-refractivity contribution in [1.82, 2.24) is 9.55 Å². The van der Waals surface area contributed by atoms with Crippen LogP contribution in [0, 0.1) is 6.92 Å². The van der Waals surface area contributed by atoms with Gasteiger partial charge in [-0.05, 0) is 31.2 Å². The zero-order valence-electron chi connectivity index (χ0n) is 16.2. The summed E-state index contributed by atoms with van der Waals surface area (Å²) in [7, 11) is 1.54. The first-order valence-electron chi connectivity index (χ1n) is 9.02. The van der Waals surface area contributed by atoms with Gasteiger partial charge < -0.3 is 15.2 Å². The Hall–Kier alpha value is -3.65. The Morgan fingerprint density at radius 3 is 2.48 bits per heavy atom. The van der Waals surface area contributed by atoms with E-state index in [-0.39, 0.29) is 17.9 Å². The fourth-order valence-corrected chi connectivity index (χ4v) is 2.76. The summed E-state index contributed by atoms with van der Waals surface area (Å²) in [4.78, 5) is 31.6. The second-order valence-electron chi connectivity index (χ2n) is 6.34. The predicted molar refractivity (Wildman–Crippen MR) is 112 cm³/mol. The standard InChI is InChI=1S/C21H22N4O4/c1-14-8-10-16(11-9-14)25-20(27)17(19(26)24-21(25)28)18(22-12-13-29-2)23-15-6-4-3-5-7-15/h3-11,27H,12-13H2,1-2H3,(H,22,23)(H,24,26,28). The minimum absolute atomic E-state index is 0.132.